The van der Waals surface area contributed by atoms with E-state index in [0.717, 1.165) is 0 Å². The summed E-state index contributed by atoms with van der Waals surface area (Å²) in [5.74, 6) is -1.94. The smallest absolute Gasteiger partial charge is 0.394 e. The van der Waals surface area contributed by atoms with Gasteiger partial charge in [-0.15, -0.1) is 0 Å². The zero-order valence-corrected chi connectivity index (χ0v) is 10.5. The zero-order chi connectivity index (χ0) is 14.6. The van der Waals surface area contributed by atoms with Gasteiger partial charge in [-0.3, -0.25) is 9.59 Å². The van der Waals surface area contributed by atoms with Gasteiger partial charge in [0.25, 0.3) is 0 Å². The highest BCUT2D eigenvalue weighted by Gasteiger charge is 2.40. The topological polar surface area (TPSA) is 69.6 Å². The number of amides is 2. The van der Waals surface area contributed by atoms with Crippen LogP contribution in [0.2, 0.25) is 0 Å². The minimum absolute atomic E-state index is 0.218. The number of hydrogen-bond donors (Lipinski definition) is 2. The predicted octanol–water partition coefficient (Wildman–Crippen LogP) is 0.284. The molecule has 0 aliphatic carbocycles. The zero-order valence-electron chi connectivity index (χ0n) is 10.5. The second kappa shape index (κ2) is 6.23. The summed E-state index contributed by atoms with van der Waals surface area (Å²) in [5, 5.41) is 11.4. The first-order valence-electron chi connectivity index (χ1n) is 6.02. The van der Waals surface area contributed by atoms with Crippen LogP contribution in [0.3, 0.4) is 0 Å². The molecule has 2 amide bonds. The quantitative estimate of drug-likeness (QED) is 0.761. The van der Waals surface area contributed by atoms with Crippen molar-refractivity contribution in [2.45, 2.75) is 32.0 Å². The Kier molecular flexibility index (Phi) is 5.16. The molecule has 1 fully saturated rings. The van der Waals surface area contributed by atoms with E-state index in [-0.39, 0.29) is 19.6 Å². The molecule has 1 aliphatic heterocycles. The molecule has 0 saturated carbocycles. The number of aliphatic hydroxyl groups excluding tert-OH is 1. The molecule has 2 atom stereocenters. The Labute approximate surface area is 108 Å². The molecule has 1 aliphatic rings. The number of carbonyl (C=O) groups excluding carboxylic acids is 2. The van der Waals surface area contributed by atoms with Gasteiger partial charge in [0.1, 0.15) is 6.54 Å². The average molecular weight is 282 g/mol. The molecule has 0 radical (unpaired) electrons. The molecule has 0 bridgehead atoms. The number of carbonyl (C=O) groups is 2. The minimum Gasteiger partial charge on any atom is -0.394 e. The Morgan fingerprint density at radius 1 is 1.58 bits per heavy atom. The van der Waals surface area contributed by atoms with Gasteiger partial charge >= 0.3 is 6.18 Å². The van der Waals surface area contributed by atoms with Crippen molar-refractivity contribution >= 4 is 11.8 Å². The number of aliphatic hydroxyl groups is 1. The van der Waals surface area contributed by atoms with Gasteiger partial charge in [0.05, 0.1) is 18.6 Å². The number of nitrogens with zero attached hydrogens (tertiary/aromatic N) is 1. The molecule has 110 valence electrons. The molecular weight excluding hydrogens is 265 g/mol. The lowest BCUT2D eigenvalue weighted by Crippen LogP contribution is -2.42. The molecule has 0 aromatic heterocycles. The van der Waals surface area contributed by atoms with Crippen molar-refractivity contribution in [3.05, 3.63) is 0 Å². The van der Waals surface area contributed by atoms with E-state index in [2.05, 4.69) is 5.32 Å². The van der Waals surface area contributed by atoms with Gasteiger partial charge < -0.3 is 15.3 Å². The summed E-state index contributed by atoms with van der Waals surface area (Å²) >= 11 is 0. The van der Waals surface area contributed by atoms with Gasteiger partial charge in [0, 0.05) is 13.0 Å². The molecule has 5 nitrogen and oxygen atoms in total. The summed E-state index contributed by atoms with van der Waals surface area (Å²) in [5.41, 5.74) is 0. The number of alkyl halides is 3. The van der Waals surface area contributed by atoms with Gasteiger partial charge in [-0.1, -0.05) is 6.92 Å². The standard InChI is InChI=1S/C11H17F3N2O3/c1-2-8(5-17)15-10(19)7-3-9(18)16(4-7)6-11(12,13)14/h7-8,17H,2-6H2,1H3,(H,15,19). The molecule has 19 heavy (non-hydrogen) atoms. The van der Waals surface area contributed by atoms with Gasteiger partial charge in [0.15, 0.2) is 0 Å². The van der Waals surface area contributed by atoms with Crippen LogP contribution in [0.15, 0.2) is 0 Å². The van der Waals surface area contributed by atoms with Crippen LogP contribution in [-0.2, 0) is 9.59 Å². The van der Waals surface area contributed by atoms with Crippen molar-refractivity contribution in [3.63, 3.8) is 0 Å². The lowest BCUT2D eigenvalue weighted by atomic mass is 10.1. The molecule has 0 aromatic rings. The first kappa shape index (κ1) is 15.7. The average Bonchev–Trinajstić information content (AvgIpc) is 2.65. The maximum atomic E-state index is 12.2. The Bertz CT molecular complexity index is 343. The molecule has 1 saturated heterocycles. The first-order valence-corrected chi connectivity index (χ1v) is 6.02. The van der Waals surface area contributed by atoms with Crippen LogP contribution < -0.4 is 5.32 Å². The number of likely N-dealkylation sites (tertiary alicyclic amines) is 1. The molecule has 0 aromatic carbocycles. The summed E-state index contributed by atoms with van der Waals surface area (Å²) < 4.78 is 36.6. The van der Waals surface area contributed by atoms with Gasteiger partial charge in [0.2, 0.25) is 11.8 Å². The molecule has 2 N–H and O–H groups in total. The summed E-state index contributed by atoms with van der Waals surface area (Å²) in [6, 6.07) is -0.431. The van der Waals surface area contributed by atoms with E-state index in [1.165, 1.54) is 0 Å². The fraction of sp³-hybridized carbons (Fsp3) is 0.818. The van der Waals surface area contributed by atoms with Crippen molar-refractivity contribution in [1.29, 1.82) is 0 Å². The van der Waals surface area contributed by atoms with Gasteiger partial charge in [-0.05, 0) is 6.42 Å². The normalized spacial score (nSPS) is 21.6. The van der Waals surface area contributed by atoms with Gasteiger partial charge in [-0.25, -0.2) is 0 Å². The molecular formula is C11H17F3N2O3. The van der Waals surface area contributed by atoms with Crippen LogP contribution >= 0.6 is 0 Å². The summed E-state index contributed by atoms with van der Waals surface area (Å²) in [7, 11) is 0. The van der Waals surface area contributed by atoms with E-state index in [4.69, 9.17) is 5.11 Å². The maximum absolute atomic E-state index is 12.2. The highest BCUT2D eigenvalue weighted by atomic mass is 19.4. The Morgan fingerprint density at radius 3 is 2.68 bits per heavy atom. The SMILES string of the molecule is CCC(CO)NC(=O)C1CC(=O)N(CC(F)(F)F)C1. The van der Waals surface area contributed by atoms with Crippen molar-refractivity contribution in [2.24, 2.45) is 5.92 Å². The van der Waals surface area contributed by atoms with Crippen LogP contribution in [0, 0.1) is 5.92 Å². The molecule has 2 unspecified atom stereocenters. The van der Waals surface area contributed by atoms with E-state index >= 15 is 0 Å². The summed E-state index contributed by atoms with van der Waals surface area (Å²) in [6.45, 7) is -0.0368. The van der Waals surface area contributed by atoms with Crippen molar-refractivity contribution in [2.75, 3.05) is 19.7 Å². The number of hydrogen-bond acceptors (Lipinski definition) is 3. The van der Waals surface area contributed by atoms with E-state index < -0.39 is 36.5 Å². The molecule has 1 heterocycles. The molecule has 1 rings (SSSR count). The van der Waals surface area contributed by atoms with E-state index in [1.807, 2.05) is 0 Å². The van der Waals surface area contributed by atoms with Crippen LogP contribution in [0.5, 0.6) is 0 Å². The Balaban J connectivity index is 2.54. The first-order chi connectivity index (χ1) is 8.76. The minimum atomic E-state index is -4.46. The number of nitrogens with one attached hydrogen (secondary N) is 1. The van der Waals surface area contributed by atoms with Crippen LogP contribution in [-0.4, -0.2) is 53.7 Å². The third-order valence-corrected chi connectivity index (χ3v) is 3.02. The van der Waals surface area contributed by atoms with Gasteiger partial charge in [-0.2, -0.15) is 13.2 Å². The monoisotopic (exact) mass is 282 g/mol. The number of rotatable bonds is 5. The predicted molar refractivity (Wildman–Crippen MR) is 60.0 cm³/mol. The third-order valence-electron chi connectivity index (χ3n) is 3.02. The Hall–Kier alpha value is -1.31. The van der Waals surface area contributed by atoms with Crippen LogP contribution in [0.4, 0.5) is 13.2 Å². The van der Waals surface area contributed by atoms with Crippen molar-refractivity contribution < 1.29 is 27.9 Å². The second-order valence-electron chi connectivity index (χ2n) is 4.59. The highest BCUT2D eigenvalue weighted by molar-refractivity contribution is 5.89. The van der Waals surface area contributed by atoms with Crippen molar-refractivity contribution in [3.8, 4) is 0 Å². The third kappa shape index (κ3) is 4.70. The lowest BCUT2D eigenvalue weighted by molar-refractivity contribution is -0.157. The lowest BCUT2D eigenvalue weighted by Gasteiger charge is -2.19. The molecule has 8 heteroatoms. The van der Waals surface area contributed by atoms with E-state index in [0.29, 0.717) is 11.3 Å². The highest BCUT2D eigenvalue weighted by Crippen LogP contribution is 2.24. The van der Waals surface area contributed by atoms with E-state index in [1.54, 1.807) is 6.92 Å². The maximum Gasteiger partial charge on any atom is 0.406 e. The largest absolute Gasteiger partial charge is 0.406 e. The summed E-state index contributed by atoms with van der Waals surface area (Å²) in [6.07, 6.45) is -4.17. The summed E-state index contributed by atoms with van der Waals surface area (Å²) in [4.78, 5) is 23.8. The van der Waals surface area contributed by atoms with E-state index in [9.17, 15) is 22.8 Å². The second-order valence-corrected chi connectivity index (χ2v) is 4.59. The number of halogens is 3. The van der Waals surface area contributed by atoms with Crippen LogP contribution in [0.25, 0.3) is 0 Å². The van der Waals surface area contributed by atoms with Crippen molar-refractivity contribution in [1.82, 2.24) is 10.2 Å². The molecule has 0 spiro atoms. The fourth-order valence-corrected chi connectivity index (χ4v) is 1.91. The fourth-order valence-electron chi connectivity index (χ4n) is 1.91. The van der Waals surface area contributed by atoms with Crippen LogP contribution in [0.1, 0.15) is 19.8 Å². The Morgan fingerprint density at radius 2 is 2.21 bits per heavy atom.